The standard InChI is InChI=1S/C10H12N4O/c11-9(15)6-1-2-7-8(6)5-13-14-4-3-12-10(7)14/h1-2,5-6,12-13H,3-4H2,(H2,11,15). The first-order valence-electron chi connectivity index (χ1n) is 4.97. The normalized spacial score (nSPS) is 26.8. The van der Waals surface area contributed by atoms with E-state index in [2.05, 4.69) is 10.7 Å². The highest BCUT2D eigenvalue weighted by Crippen LogP contribution is 2.34. The van der Waals surface area contributed by atoms with Crippen LogP contribution in [-0.2, 0) is 4.79 Å². The summed E-state index contributed by atoms with van der Waals surface area (Å²) < 4.78 is 0. The Morgan fingerprint density at radius 2 is 2.47 bits per heavy atom. The van der Waals surface area contributed by atoms with Crippen molar-refractivity contribution in [1.82, 2.24) is 15.8 Å². The predicted molar refractivity (Wildman–Crippen MR) is 54.8 cm³/mol. The van der Waals surface area contributed by atoms with Gasteiger partial charge in [0.1, 0.15) is 5.82 Å². The maximum atomic E-state index is 11.2. The molecule has 1 fully saturated rings. The van der Waals surface area contributed by atoms with E-state index in [1.165, 1.54) is 0 Å². The van der Waals surface area contributed by atoms with Gasteiger partial charge < -0.3 is 16.5 Å². The summed E-state index contributed by atoms with van der Waals surface area (Å²) in [5, 5.41) is 5.32. The van der Waals surface area contributed by atoms with Crippen LogP contribution < -0.4 is 16.5 Å². The van der Waals surface area contributed by atoms with Crippen molar-refractivity contribution >= 4 is 5.91 Å². The minimum absolute atomic E-state index is 0.287. The summed E-state index contributed by atoms with van der Waals surface area (Å²) in [6.07, 6.45) is 5.67. The number of rotatable bonds is 1. The van der Waals surface area contributed by atoms with E-state index in [0.29, 0.717) is 0 Å². The first kappa shape index (κ1) is 8.40. The summed E-state index contributed by atoms with van der Waals surface area (Å²) >= 11 is 0. The summed E-state index contributed by atoms with van der Waals surface area (Å²) in [7, 11) is 0. The van der Waals surface area contributed by atoms with Gasteiger partial charge in [0.2, 0.25) is 5.91 Å². The molecular formula is C10H12N4O. The number of hydrogen-bond donors (Lipinski definition) is 3. The van der Waals surface area contributed by atoms with Crippen LogP contribution in [0.2, 0.25) is 0 Å². The van der Waals surface area contributed by atoms with Crippen molar-refractivity contribution in [2.24, 2.45) is 11.7 Å². The molecule has 78 valence electrons. The van der Waals surface area contributed by atoms with E-state index in [0.717, 1.165) is 30.1 Å². The maximum Gasteiger partial charge on any atom is 0.228 e. The van der Waals surface area contributed by atoms with Crippen molar-refractivity contribution in [3.63, 3.8) is 0 Å². The van der Waals surface area contributed by atoms with Crippen molar-refractivity contribution < 1.29 is 4.79 Å². The average molecular weight is 204 g/mol. The number of nitrogens with zero attached hydrogens (tertiary/aromatic N) is 1. The van der Waals surface area contributed by atoms with Gasteiger partial charge in [0.15, 0.2) is 0 Å². The third kappa shape index (κ3) is 1.06. The molecule has 4 N–H and O–H groups in total. The summed E-state index contributed by atoms with van der Waals surface area (Å²) in [5.74, 6) is 0.457. The number of amides is 1. The number of carbonyl (C=O) groups excluding carboxylic acids is 1. The monoisotopic (exact) mass is 204 g/mol. The zero-order valence-electron chi connectivity index (χ0n) is 8.16. The third-order valence-corrected chi connectivity index (χ3v) is 2.94. The van der Waals surface area contributed by atoms with E-state index in [-0.39, 0.29) is 11.8 Å². The van der Waals surface area contributed by atoms with Gasteiger partial charge in [0.25, 0.3) is 0 Å². The molecule has 1 unspecified atom stereocenters. The predicted octanol–water partition coefficient (Wildman–Crippen LogP) is -0.823. The van der Waals surface area contributed by atoms with E-state index >= 15 is 0 Å². The number of hydrogen-bond acceptors (Lipinski definition) is 4. The third-order valence-electron chi connectivity index (χ3n) is 2.94. The first-order chi connectivity index (χ1) is 7.27. The Morgan fingerprint density at radius 3 is 3.27 bits per heavy atom. The second kappa shape index (κ2) is 2.79. The fourth-order valence-corrected chi connectivity index (χ4v) is 2.20. The van der Waals surface area contributed by atoms with Gasteiger partial charge in [0, 0.05) is 18.3 Å². The van der Waals surface area contributed by atoms with Gasteiger partial charge in [-0.1, -0.05) is 12.2 Å². The van der Waals surface area contributed by atoms with Gasteiger partial charge in [-0.05, 0) is 5.57 Å². The Bertz CT molecular complexity index is 421. The number of fused-ring (bicyclic) bond motifs is 2. The van der Waals surface area contributed by atoms with Crippen molar-refractivity contribution in [3.8, 4) is 0 Å². The van der Waals surface area contributed by atoms with Gasteiger partial charge in [-0.2, -0.15) is 0 Å². The van der Waals surface area contributed by atoms with Crippen molar-refractivity contribution in [1.29, 1.82) is 0 Å². The highest BCUT2D eigenvalue weighted by molar-refractivity contribution is 5.85. The molecular weight excluding hydrogens is 192 g/mol. The Hall–Kier alpha value is -1.91. The van der Waals surface area contributed by atoms with Gasteiger partial charge in [-0.3, -0.25) is 9.80 Å². The molecule has 0 spiro atoms. The average Bonchev–Trinajstić information content (AvgIpc) is 2.82. The lowest BCUT2D eigenvalue weighted by Crippen LogP contribution is -2.36. The Labute approximate surface area is 87.3 Å². The van der Waals surface area contributed by atoms with Crippen molar-refractivity contribution in [2.75, 3.05) is 13.1 Å². The summed E-state index contributed by atoms with van der Waals surface area (Å²) in [5.41, 5.74) is 10.5. The van der Waals surface area contributed by atoms with E-state index < -0.39 is 0 Å². The van der Waals surface area contributed by atoms with Crippen LogP contribution >= 0.6 is 0 Å². The van der Waals surface area contributed by atoms with Gasteiger partial charge in [-0.25, -0.2) is 0 Å². The topological polar surface area (TPSA) is 70.4 Å². The number of nitrogens with two attached hydrogens (primary N) is 1. The lowest BCUT2D eigenvalue weighted by molar-refractivity contribution is -0.119. The zero-order chi connectivity index (χ0) is 10.4. The second-order valence-corrected chi connectivity index (χ2v) is 3.81. The van der Waals surface area contributed by atoms with Crippen LogP contribution in [0.15, 0.2) is 35.3 Å². The van der Waals surface area contributed by atoms with Crippen LogP contribution in [0.1, 0.15) is 0 Å². The molecule has 0 aromatic rings. The smallest absolute Gasteiger partial charge is 0.228 e. The zero-order valence-corrected chi connectivity index (χ0v) is 8.16. The van der Waals surface area contributed by atoms with Crippen LogP contribution in [-0.4, -0.2) is 24.0 Å². The fraction of sp³-hybridized carbons (Fsp3) is 0.300. The van der Waals surface area contributed by atoms with E-state index in [9.17, 15) is 4.79 Å². The van der Waals surface area contributed by atoms with Crippen molar-refractivity contribution in [3.05, 3.63) is 35.3 Å². The lowest BCUT2D eigenvalue weighted by Gasteiger charge is -2.26. The molecule has 15 heavy (non-hydrogen) atoms. The van der Waals surface area contributed by atoms with Crippen LogP contribution in [0.5, 0.6) is 0 Å². The summed E-state index contributed by atoms with van der Waals surface area (Å²) in [6, 6.07) is 0. The Kier molecular flexibility index (Phi) is 1.56. The first-order valence-corrected chi connectivity index (χ1v) is 4.97. The lowest BCUT2D eigenvalue weighted by atomic mass is 9.99. The van der Waals surface area contributed by atoms with Gasteiger partial charge >= 0.3 is 0 Å². The molecule has 0 radical (unpaired) electrons. The largest absolute Gasteiger partial charge is 0.369 e. The molecule has 5 heteroatoms. The minimum Gasteiger partial charge on any atom is -0.369 e. The molecule has 0 aromatic heterocycles. The number of primary amides is 1. The number of hydrazine groups is 1. The summed E-state index contributed by atoms with van der Waals surface area (Å²) in [4.78, 5) is 11.2. The van der Waals surface area contributed by atoms with E-state index in [1.807, 2.05) is 23.4 Å². The SMILES string of the molecule is NC(=O)C1C=CC2=C3NCCN3NC=C21. The molecule has 1 aliphatic carbocycles. The van der Waals surface area contributed by atoms with Gasteiger partial charge in [-0.15, -0.1) is 0 Å². The molecule has 1 atom stereocenters. The number of allylic oxidation sites excluding steroid dienone is 2. The van der Waals surface area contributed by atoms with Crippen LogP contribution in [0.4, 0.5) is 0 Å². The van der Waals surface area contributed by atoms with E-state index in [1.54, 1.807) is 0 Å². The van der Waals surface area contributed by atoms with E-state index in [4.69, 9.17) is 5.73 Å². The molecule has 0 bridgehead atoms. The highest BCUT2D eigenvalue weighted by Gasteiger charge is 2.32. The minimum atomic E-state index is -0.304. The quantitative estimate of drug-likeness (QED) is 0.522. The Morgan fingerprint density at radius 1 is 1.60 bits per heavy atom. The molecule has 5 nitrogen and oxygen atoms in total. The second-order valence-electron chi connectivity index (χ2n) is 3.81. The molecule has 2 aliphatic heterocycles. The summed E-state index contributed by atoms with van der Waals surface area (Å²) in [6.45, 7) is 1.85. The molecule has 2 heterocycles. The fourth-order valence-electron chi connectivity index (χ4n) is 2.20. The molecule has 0 aromatic carbocycles. The molecule has 3 rings (SSSR count). The van der Waals surface area contributed by atoms with Gasteiger partial charge in [0.05, 0.1) is 12.5 Å². The molecule has 3 aliphatic rings. The molecule has 1 saturated heterocycles. The molecule has 1 amide bonds. The van der Waals surface area contributed by atoms with Crippen molar-refractivity contribution in [2.45, 2.75) is 0 Å². The number of carbonyl (C=O) groups is 1. The van der Waals surface area contributed by atoms with Crippen LogP contribution in [0.3, 0.4) is 0 Å². The molecule has 0 saturated carbocycles. The van der Waals surface area contributed by atoms with Crippen LogP contribution in [0, 0.1) is 5.92 Å². The number of nitrogens with one attached hydrogen (secondary N) is 2. The Balaban J connectivity index is 2.03. The van der Waals surface area contributed by atoms with Crippen LogP contribution in [0.25, 0.3) is 0 Å². The highest BCUT2D eigenvalue weighted by atomic mass is 16.1. The maximum absolute atomic E-state index is 11.2.